The largest absolute Gasteiger partial charge is 0.490 e. The zero-order chi connectivity index (χ0) is 30.7. The second-order valence-corrected chi connectivity index (χ2v) is 11.1. The van der Waals surface area contributed by atoms with Gasteiger partial charge in [0.25, 0.3) is 5.91 Å². The van der Waals surface area contributed by atoms with Crippen LogP contribution in [-0.2, 0) is 11.2 Å². The molecule has 2 aromatic carbocycles. The number of β-amino-alcohol motifs (C(OH)–C–C–N with tert-alkyl or cyclic N) is 2. The Balaban J connectivity index is 0.000000517. The Bertz CT molecular complexity index is 1290. The molecule has 0 aliphatic carbocycles. The van der Waals surface area contributed by atoms with Gasteiger partial charge in [0.15, 0.2) is 0 Å². The van der Waals surface area contributed by atoms with Crippen molar-refractivity contribution in [1.82, 2.24) is 9.80 Å². The molecule has 3 N–H and O–H groups in total. The number of carboxylic acids is 1. The zero-order valence-electron chi connectivity index (χ0n) is 22.4. The fraction of sp³-hybridized carbons (Fsp3) is 0.500. The van der Waals surface area contributed by atoms with Crippen LogP contribution in [0.3, 0.4) is 0 Å². The molecule has 3 aliphatic heterocycles. The number of hydrogen-bond acceptors (Lipinski definition) is 7. The van der Waals surface area contributed by atoms with Gasteiger partial charge in [-0.3, -0.25) is 4.79 Å². The van der Waals surface area contributed by atoms with E-state index in [2.05, 4.69) is 4.90 Å². The number of aliphatic hydroxyl groups is 2. The number of rotatable bonds is 6. The van der Waals surface area contributed by atoms with Gasteiger partial charge in [-0.15, -0.1) is 0 Å². The van der Waals surface area contributed by atoms with Crippen LogP contribution in [-0.4, -0.2) is 100 Å². The van der Waals surface area contributed by atoms with E-state index < -0.39 is 30.2 Å². The quantitative estimate of drug-likeness (QED) is 0.421. The Hall–Kier alpha value is -3.13. The summed E-state index contributed by atoms with van der Waals surface area (Å²) in [6.45, 7) is 2.62. The summed E-state index contributed by atoms with van der Waals surface area (Å²) in [6.07, 6.45) is -3.37. The topological polar surface area (TPSA) is 120 Å². The first-order chi connectivity index (χ1) is 19.7. The number of likely N-dealkylation sites (tertiary alicyclic amines) is 2. The van der Waals surface area contributed by atoms with Crippen LogP contribution in [0.2, 0.25) is 5.02 Å². The molecule has 2 atom stereocenters. The molecule has 0 saturated carbocycles. The van der Waals surface area contributed by atoms with Crippen molar-refractivity contribution < 1.29 is 51.9 Å². The third-order valence-electron chi connectivity index (χ3n) is 7.39. The average molecular weight is 619 g/mol. The summed E-state index contributed by atoms with van der Waals surface area (Å²) in [5.41, 5.74) is 1.04. The van der Waals surface area contributed by atoms with Crippen LogP contribution in [0.5, 0.6) is 11.5 Å². The van der Waals surface area contributed by atoms with E-state index >= 15 is 0 Å². The van der Waals surface area contributed by atoms with Crippen LogP contribution in [0.1, 0.15) is 35.2 Å². The lowest BCUT2D eigenvalue weighted by atomic mass is 9.87. The highest BCUT2D eigenvalue weighted by molar-refractivity contribution is 6.30. The Kier molecular flexibility index (Phi) is 9.86. The van der Waals surface area contributed by atoms with E-state index in [1.54, 1.807) is 0 Å². The van der Waals surface area contributed by atoms with Crippen molar-refractivity contribution >= 4 is 23.5 Å². The van der Waals surface area contributed by atoms with Crippen molar-refractivity contribution in [2.45, 2.75) is 49.7 Å². The van der Waals surface area contributed by atoms with E-state index in [9.17, 15) is 32.6 Å². The van der Waals surface area contributed by atoms with Gasteiger partial charge in [-0.25, -0.2) is 9.18 Å². The number of carbonyl (C=O) groups is 2. The summed E-state index contributed by atoms with van der Waals surface area (Å²) >= 11 is 6.13. The summed E-state index contributed by atoms with van der Waals surface area (Å²) < 4.78 is 57.6. The Morgan fingerprint density at radius 3 is 2.45 bits per heavy atom. The number of carbonyl (C=O) groups excluding carboxylic acids is 1. The van der Waals surface area contributed by atoms with Crippen LogP contribution >= 0.6 is 11.6 Å². The summed E-state index contributed by atoms with van der Waals surface area (Å²) in [5, 5.41) is 28.2. The summed E-state index contributed by atoms with van der Waals surface area (Å²) in [7, 11) is 0. The van der Waals surface area contributed by atoms with Crippen LogP contribution in [0.4, 0.5) is 17.6 Å². The van der Waals surface area contributed by atoms with Crippen molar-refractivity contribution in [3.8, 4) is 11.5 Å². The van der Waals surface area contributed by atoms with Gasteiger partial charge in [0.2, 0.25) is 0 Å². The van der Waals surface area contributed by atoms with E-state index in [1.165, 1.54) is 17.0 Å². The minimum atomic E-state index is -5.08. The molecule has 42 heavy (non-hydrogen) atoms. The number of fused-ring (bicyclic) bond motifs is 1. The zero-order valence-corrected chi connectivity index (χ0v) is 23.2. The summed E-state index contributed by atoms with van der Waals surface area (Å²) in [6, 6.07) is 9.53. The lowest BCUT2D eigenvalue weighted by Crippen LogP contribution is -2.49. The van der Waals surface area contributed by atoms with Crippen LogP contribution in [0.25, 0.3) is 0 Å². The highest BCUT2D eigenvalue weighted by Gasteiger charge is 2.42. The molecule has 3 aliphatic rings. The van der Waals surface area contributed by atoms with E-state index in [1.807, 2.05) is 18.2 Å². The molecule has 1 amide bonds. The molecule has 9 nitrogen and oxygen atoms in total. The molecule has 5 rings (SSSR count). The minimum absolute atomic E-state index is 0.0172. The lowest BCUT2D eigenvalue weighted by Gasteiger charge is -2.39. The minimum Gasteiger partial charge on any atom is -0.490 e. The second kappa shape index (κ2) is 13.0. The maximum absolute atomic E-state index is 13.9. The highest BCUT2D eigenvalue weighted by atomic mass is 35.5. The van der Waals surface area contributed by atoms with Gasteiger partial charge in [0.05, 0.1) is 11.7 Å². The van der Waals surface area contributed by atoms with E-state index in [-0.39, 0.29) is 36.0 Å². The molecular weight excluding hydrogens is 588 g/mol. The first kappa shape index (κ1) is 31.8. The number of aliphatic hydroxyl groups excluding tert-OH is 2. The van der Waals surface area contributed by atoms with Crippen molar-refractivity contribution in [3.05, 3.63) is 58.4 Å². The molecule has 2 aromatic rings. The van der Waals surface area contributed by atoms with Crippen molar-refractivity contribution in [2.75, 3.05) is 39.3 Å². The average Bonchev–Trinajstić information content (AvgIpc) is 3.51. The van der Waals surface area contributed by atoms with Crippen molar-refractivity contribution in [1.29, 1.82) is 0 Å². The van der Waals surface area contributed by atoms with E-state index in [4.69, 9.17) is 31.0 Å². The molecule has 0 bridgehead atoms. The normalized spacial score (nSPS) is 20.4. The number of hydrogen-bond donors (Lipinski definition) is 3. The Labute approximate surface area is 244 Å². The van der Waals surface area contributed by atoms with Gasteiger partial charge in [0.1, 0.15) is 35.6 Å². The number of benzene rings is 2. The fourth-order valence-corrected chi connectivity index (χ4v) is 5.45. The number of amides is 1. The number of carboxylic acid groups (broad SMARTS) is 1. The number of alkyl halides is 3. The SMILES string of the molecule is O=C(O)C(F)(F)F.O=C(c1cc(F)ccc1OC[C@@H](O)CN1CCC2(CC1)Cc1cc(Cl)ccc1O2)N1CC[C@H](O)C1. The number of aliphatic carboxylic acids is 1. The summed E-state index contributed by atoms with van der Waals surface area (Å²) in [5.74, 6) is -2.55. The lowest BCUT2D eigenvalue weighted by molar-refractivity contribution is -0.192. The van der Waals surface area contributed by atoms with Crippen LogP contribution < -0.4 is 9.47 Å². The molecule has 1 spiro atoms. The molecule has 2 saturated heterocycles. The molecule has 0 unspecified atom stereocenters. The molecule has 14 heteroatoms. The predicted octanol–water partition coefficient (Wildman–Crippen LogP) is 3.53. The molecule has 3 heterocycles. The number of ether oxygens (including phenoxy) is 2. The monoisotopic (exact) mass is 618 g/mol. The smallest absolute Gasteiger partial charge is 0.490 e. The van der Waals surface area contributed by atoms with Gasteiger partial charge in [-0.1, -0.05) is 11.6 Å². The second-order valence-electron chi connectivity index (χ2n) is 10.6. The fourth-order valence-electron chi connectivity index (χ4n) is 5.25. The molecular formula is C28H31ClF4N2O7. The standard InChI is InChI=1S/C26H30ClFN2O5.C2HF3O2/c27-18-1-3-23-17(11-18)13-26(35-23)6-9-29(10-7-26)14-21(32)16-34-24-4-2-19(28)12-22(24)25(33)30-8-5-20(31)15-30;3-2(4,5)1(6)7/h1-4,11-12,20-21,31-32H,5-10,13-16H2;(H,6,7)/t20-,21-;/m0./s1. The van der Waals surface area contributed by atoms with Gasteiger partial charge in [0, 0.05) is 57.0 Å². The number of piperidine rings is 1. The molecule has 230 valence electrons. The van der Waals surface area contributed by atoms with Crippen molar-refractivity contribution in [3.63, 3.8) is 0 Å². The maximum Gasteiger partial charge on any atom is 0.490 e. The van der Waals surface area contributed by atoms with Gasteiger partial charge >= 0.3 is 12.1 Å². The maximum atomic E-state index is 13.9. The van der Waals surface area contributed by atoms with Gasteiger partial charge in [-0.2, -0.15) is 13.2 Å². The van der Waals surface area contributed by atoms with Crippen LogP contribution in [0.15, 0.2) is 36.4 Å². The van der Waals surface area contributed by atoms with Gasteiger partial charge in [-0.05, 0) is 48.4 Å². The highest BCUT2D eigenvalue weighted by Crippen LogP contribution is 2.42. The van der Waals surface area contributed by atoms with Crippen LogP contribution in [0, 0.1) is 5.82 Å². The van der Waals surface area contributed by atoms with E-state index in [0.29, 0.717) is 24.5 Å². The number of halogens is 5. The first-order valence-corrected chi connectivity index (χ1v) is 13.7. The Morgan fingerprint density at radius 1 is 1.14 bits per heavy atom. The van der Waals surface area contributed by atoms with E-state index in [0.717, 1.165) is 49.7 Å². The third-order valence-corrected chi connectivity index (χ3v) is 7.63. The predicted molar refractivity (Wildman–Crippen MR) is 142 cm³/mol. The van der Waals surface area contributed by atoms with Gasteiger partial charge < -0.3 is 34.6 Å². The third kappa shape index (κ3) is 8.03. The first-order valence-electron chi connectivity index (χ1n) is 13.3. The Morgan fingerprint density at radius 2 is 1.83 bits per heavy atom. The molecule has 0 aromatic heterocycles. The van der Waals surface area contributed by atoms with Crippen molar-refractivity contribution in [2.24, 2.45) is 0 Å². The molecule has 0 radical (unpaired) electrons. The molecule has 2 fully saturated rings. The summed E-state index contributed by atoms with van der Waals surface area (Å²) in [4.78, 5) is 25.4. The number of nitrogens with zero attached hydrogens (tertiary/aromatic N) is 2.